The number of hydrogen-bond acceptors (Lipinski definition) is 5. The van der Waals surface area contributed by atoms with Gasteiger partial charge >= 0.3 is 0 Å². The summed E-state index contributed by atoms with van der Waals surface area (Å²) in [6, 6.07) is 13.0. The van der Waals surface area contributed by atoms with Crippen LogP contribution < -0.4 is 10.2 Å². The van der Waals surface area contributed by atoms with Gasteiger partial charge in [0.1, 0.15) is 6.04 Å². The number of H-pyrrole nitrogens is 1. The van der Waals surface area contributed by atoms with Gasteiger partial charge in [-0.15, -0.1) is 0 Å². The molecule has 1 fully saturated rings. The molecule has 3 N–H and O–H groups in total. The van der Waals surface area contributed by atoms with Crippen molar-refractivity contribution in [1.29, 1.82) is 0 Å². The molecule has 9 nitrogen and oxygen atoms in total. The molecule has 0 radical (unpaired) electrons. The van der Waals surface area contributed by atoms with Gasteiger partial charge in [0.25, 0.3) is 0 Å². The molecule has 3 amide bonds. The van der Waals surface area contributed by atoms with Crippen LogP contribution in [-0.4, -0.2) is 89.5 Å². The van der Waals surface area contributed by atoms with E-state index in [0.29, 0.717) is 49.8 Å². The highest BCUT2D eigenvalue weighted by molar-refractivity contribution is 6.30. The normalized spacial score (nSPS) is 18.1. The van der Waals surface area contributed by atoms with Crippen LogP contribution in [0.3, 0.4) is 0 Å². The molecular formula is C36H48ClN5O4. The fourth-order valence-corrected chi connectivity index (χ4v) is 7.22. The summed E-state index contributed by atoms with van der Waals surface area (Å²) in [6.07, 6.45) is 5.90. The summed E-state index contributed by atoms with van der Waals surface area (Å²) < 4.78 is 0. The van der Waals surface area contributed by atoms with E-state index in [1.165, 1.54) is 0 Å². The van der Waals surface area contributed by atoms with Crippen LogP contribution in [0.15, 0.2) is 48.7 Å². The van der Waals surface area contributed by atoms with Crippen LogP contribution in [-0.2, 0) is 27.2 Å². The molecule has 2 aromatic carbocycles. The predicted octanol–water partition coefficient (Wildman–Crippen LogP) is 4.80. The fraction of sp³-hybridized carbons (Fsp3) is 0.528. The Morgan fingerprint density at radius 2 is 1.85 bits per heavy atom. The van der Waals surface area contributed by atoms with Crippen molar-refractivity contribution in [2.75, 3.05) is 45.2 Å². The number of fused-ring (bicyclic) bond motifs is 2. The van der Waals surface area contributed by atoms with Gasteiger partial charge in [-0.2, -0.15) is 0 Å². The molecule has 0 spiro atoms. The van der Waals surface area contributed by atoms with Gasteiger partial charge < -0.3 is 30.1 Å². The molecule has 1 aromatic heterocycles. The topological polar surface area (TPSA) is 109 Å². The molecule has 0 saturated carbocycles. The predicted molar refractivity (Wildman–Crippen MR) is 183 cm³/mol. The Labute approximate surface area is 277 Å². The number of hydrogen-bond donors (Lipinski definition) is 3. The summed E-state index contributed by atoms with van der Waals surface area (Å²) in [7, 11) is 4.08. The second-order valence-corrected chi connectivity index (χ2v) is 14.5. The molecule has 0 bridgehead atoms. The number of nitrogens with one attached hydrogen (secondary N) is 2. The van der Waals surface area contributed by atoms with Gasteiger partial charge in [0.15, 0.2) is 0 Å². The Morgan fingerprint density at radius 1 is 1.11 bits per heavy atom. The third-order valence-electron chi connectivity index (χ3n) is 9.23. The van der Waals surface area contributed by atoms with Crippen molar-refractivity contribution < 1.29 is 19.5 Å². The van der Waals surface area contributed by atoms with E-state index in [2.05, 4.69) is 15.2 Å². The number of aromatic amines is 1. The number of para-hydroxylation sites is 1. The first-order valence-electron chi connectivity index (χ1n) is 16.5. The molecule has 248 valence electrons. The van der Waals surface area contributed by atoms with Crippen molar-refractivity contribution >= 4 is 45.9 Å². The fourth-order valence-electron chi connectivity index (χ4n) is 7.02. The summed E-state index contributed by atoms with van der Waals surface area (Å²) in [4.78, 5) is 49.6. The summed E-state index contributed by atoms with van der Waals surface area (Å²) in [5.41, 5.74) is 2.85. The maximum Gasteiger partial charge on any atom is 0.249 e. The van der Waals surface area contributed by atoms with Crippen molar-refractivity contribution in [3.63, 3.8) is 0 Å². The van der Waals surface area contributed by atoms with Crippen LogP contribution in [0.25, 0.3) is 10.9 Å². The number of aliphatic hydroxyl groups is 1. The number of likely N-dealkylation sites (tertiary alicyclic amines) is 1. The van der Waals surface area contributed by atoms with E-state index in [9.17, 15) is 19.5 Å². The lowest BCUT2D eigenvalue weighted by molar-refractivity contribution is -0.137. The quantitative estimate of drug-likeness (QED) is 0.277. The molecule has 2 atom stereocenters. The lowest BCUT2D eigenvalue weighted by atomic mass is 9.90. The summed E-state index contributed by atoms with van der Waals surface area (Å²) in [5, 5.41) is 14.8. The van der Waals surface area contributed by atoms with Crippen molar-refractivity contribution in [3.05, 3.63) is 64.8 Å². The lowest BCUT2D eigenvalue weighted by Gasteiger charge is -2.37. The van der Waals surface area contributed by atoms with E-state index < -0.39 is 11.6 Å². The van der Waals surface area contributed by atoms with Gasteiger partial charge in [-0.1, -0.05) is 29.8 Å². The van der Waals surface area contributed by atoms with Crippen LogP contribution in [0, 0.1) is 11.8 Å². The number of piperidine rings is 1. The standard InChI is InChI=1S/C36H48ClN5O4/c1-36(2,46)20-34(44)41-15-13-24(14-16-41)9-12-33(43)39-31(19-27-21-38-30-8-6-5-7-29(27)30)35(45)42-23-25(22-40(3)4)17-26-18-28(37)10-11-32(26)42/h5-8,10-11,18,21,24-25,31,38,46H,9,12-17,19-20,22-23H2,1-4H3,(H,39,43)/t25-,31-/m1/s1. The average Bonchev–Trinajstić information content (AvgIpc) is 3.40. The Bertz CT molecular complexity index is 1540. The minimum atomic E-state index is -1.02. The SMILES string of the molecule is CN(C)C[C@H]1Cc2cc(Cl)ccc2N(C(=O)[C@@H](Cc2c[nH]c3ccccc23)NC(=O)CCC2CCN(C(=O)CC(C)(C)O)CC2)C1. The second kappa shape index (κ2) is 14.6. The zero-order valence-electron chi connectivity index (χ0n) is 27.5. The highest BCUT2D eigenvalue weighted by atomic mass is 35.5. The number of carbonyl (C=O) groups excluding carboxylic acids is 3. The maximum absolute atomic E-state index is 14.5. The summed E-state index contributed by atoms with van der Waals surface area (Å²) in [6.45, 7) is 5.96. The number of benzene rings is 2. The van der Waals surface area contributed by atoms with Gasteiger partial charge in [0.2, 0.25) is 17.7 Å². The molecule has 5 rings (SSSR count). The molecule has 0 aliphatic carbocycles. The number of carbonyl (C=O) groups is 3. The monoisotopic (exact) mass is 649 g/mol. The molecule has 3 heterocycles. The number of amides is 3. The Hall–Kier alpha value is -3.40. The van der Waals surface area contributed by atoms with Crippen LogP contribution in [0.5, 0.6) is 0 Å². The first-order valence-corrected chi connectivity index (χ1v) is 16.8. The Balaban J connectivity index is 1.29. The minimum absolute atomic E-state index is 0.0308. The minimum Gasteiger partial charge on any atom is -0.390 e. The van der Waals surface area contributed by atoms with Gasteiger partial charge in [-0.05, 0) is 101 Å². The van der Waals surface area contributed by atoms with Crippen LogP contribution in [0.1, 0.15) is 57.1 Å². The van der Waals surface area contributed by atoms with E-state index in [1.807, 2.05) is 72.6 Å². The van der Waals surface area contributed by atoms with E-state index in [-0.39, 0.29) is 30.1 Å². The van der Waals surface area contributed by atoms with Gasteiger partial charge in [0.05, 0.1) is 12.0 Å². The highest BCUT2D eigenvalue weighted by Gasteiger charge is 2.34. The third kappa shape index (κ3) is 8.69. The van der Waals surface area contributed by atoms with Crippen molar-refractivity contribution in [3.8, 4) is 0 Å². The van der Waals surface area contributed by atoms with E-state index in [1.54, 1.807) is 13.8 Å². The van der Waals surface area contributed by atoms with Crippen LogP contribution in [0.4, 0.5) is 5.69 Å². The van der Waals surface area contributed by atoms with E-state index in [4.69, 9.17) is 11.6 Å². The Morgan fingerprint density at radius 3 is 2.57 bits per heavy atom. The van der Waals surface area contributed by atoms with Gasteiger partial charge in [0, 0.05) is 66.8 Å². The summed E-state index contributed by atoms with van der Waals surface area (Å²) >= 11 is 6.38. The second-order valence-electron chi connectivity index (χ2n) is 14.1. The highest BCUT2D eigenvalue weighted by Crippen LogP contribution is 2.33. The zero-order chi connectivity index (χ0) is 33.0. The number of halogens is 1. The molecule has 2 aliphatic rings. The van der Waals surface area contributed by atoms with Gasteiger partial charge in [-0.3, -0.25) is 14.4 Å². The average molecular weight is 650 g/mol. The number of aromatic nitrogens is 1. The van der Waals surface area contributed by atoms with Crippen molar-refractivity contribution in [2.45, 2.75) is 70.4 Å². The molecule has 3 aromatic rings. The molecule has 0 unspecified atom stereocenters. The molecule has 1 saturated heterocycles. The smallest absolute Gasteiger partial charge is 0.249 e. The molecule has 2 aliphatic heterocycles. The van der Waals surface area contributed by atoms with E-state index >= 15 is 0 Å². The lowest BCUT2D eigenvalue weighted by Crippen LogP contribution is -2.53. The first kappa shape index (κ1) is 33.9. The largest absolute Gasteiger partial charge is 0.390 e. The zero-order valence-corrected chi connectivity index (χ0v) is 28.3. The van der Waals surface area contributed by atoms with Crippen molar-refractivity contribution in [2.24, 2.45) is 11.8 Å². The number of anilines is 1. The molecule has 10 heteroatoms. The molecule has 46 heavy (non-hydrogen) atoms. The maximum atomic E-state index is 14.5. The van der Waals surface area contributed by atoms with Crippen LogP contribution >= 0.6 is 11.6 Å². The number of nitrogens with zero attached hydrogens (tertiary/aromatic N) is 3. The third-order valence-corrected chi connectivity index (χ3v) is 9.47. The first-order chi connectivity index (χ1) is 21.9. The molecular weight excluding hydrogens is 602 g/mol. The van der Waals surface area contributed by atoms with Gasteiger partial charge in [-0.25, -0.2) is 0 Å². The van der Waals surface area contributed by atoms with Crippen molar-refractivity contribution in [1.82, 2.24) is 20.1 Å². The van der Waals surface area contributed by atoms with E-state index in [0.717, 1.165) is 53.5 Å². The van der Waals surface area contributed by atoms with Crippen LogP contribution in [0.2, 0.25) is 5.02 Å². The summed E-state index contributed by atoms with van der Waals surface area (Å²) in [5.74, 6) is 0.263. The Kier molecular flexibility index (Phi) is 10.8. The number of rotatable bonds is 11.